The van der Waals surface area contributed by atoms with E-state index in [1.54, 1.807) is 12.1 Å². The maximum absolute atomic E-state index is 13.6. The van der Waals surface area contributed by atoms with Crippen LogP contribution in [0.5, 0.6) is 0 Å². The SMILES string of the molecule is NCCC1CCCCN1Cc1cccc(F)c1F. The molecule has 2 N–H and O–H groups in total. The molecule has 18 heavy (non-hydrogen) atoms. The fraction of sp³-hybridized carbons (Fsp3) is 0.571. The Morgan fingerprint density at radius 2 is 2.11 bits per heavy atom. The van der Waals surface area contributed by atoms with Crippen molar-refractivity contribution in [3.63, 3.8) is 0 Å². The molecule has 0 bridgehead atoms. The minimum absolute atomic E-state index is 0.409. The molecule has 1 fully saturated rings. The van der Waals surface area contributed by atoms with Gasteiger partial charge < -0.3 is 5.73 Å². The predicted octanol–water partition coefficient (Wildman–Crippen LogP) is 2.67. The van der Waals surface area contributed by atoms with Crippen LogP contribution in [0.25, 0.3) is 0 Å². The maximum atomic E-state index is 13.6. The second kappa shape index (κ2) is 6.25. The standard InChI is InChI=1S/C14H20F2N2/c15-13-6-3-4-11(14(13)16)10-18-9-2-1-5-12(18)7-8-17/h3-4,6,12H,1-2,5,7-10,17H2. The molecule has 1 aromatic carbocycles. The summed E-state index contributed by atoms with van der Waals surface area (Å²) in [5.74, 6) is -1.48. The number of nitrogens with zero attached hydrogens (tertiary/aromatic N) is 1. The minimum Gasteiger partial charge on any atom is -0.330 e. The number of nitrogens with two attached hydrogens (primary N) is 1. The Morgan fingerprint density at radius 1 is 1.28 bits per heavy atom. The van der Waals surface area contributed by atoms with Crippen LogP contribution in [0.2, 0.25) is 0 Å². The molecule has 4 heteroatoms. The van der Waals surface area contributed by atoms with Crippen LogP contribution in [-0.2, 0) is 6.54 Å². The minimum atomic E-state index is -0.764. The molecule has 2 nitrogen and oxygen atoms in total. The number of rotatable bonds is 4. The van der Waals surface area contributed by atoms with Crippen LogP contribution < -0.4 is 5.73 Å². The van der Waals surface area contributed by atoms with Gasteiger partial charge in [-0.25, -0.2) is 8.78 Å². The number of benzene rings is 1. The highest BCUT2D eigenvalue weighted by Gasteiger charge is 2.23. The lowest BCUT2D eigenvalue weighted by molar-refractivity contribution is 0.132. The summed E-state index contributed by atoms with van der Waals surface area (Å²) in [4.78, 5) is 2.23. The van der Waals surface area contributed by atoms with Gasteiger partial charge in [-0.05, 0) is 38.4 Å². The number of piperidine rings is 1. The molecule has 1 atom stereocenters. The van der Waals surface area contributed by atoms with Crippen molar-refractivity contribution in [1.29, 1.82) is 0 Å². The fourth-order valence-electron chi connectivity index (χ4n) is 2.68. The smallest absolute Gasteiger partial charge is 0.163 e. The summed E-state index contributed by atoms with van der Waals surface area (Å²) in [6.07, 6.45) is 4.36. The zero-order valence-electron chi connectivity index (χ0n) is 10.5. The van der Waals surface area contributed by atoms with Gasteiger partial charge in [0.05, 0.1) is 0 Å². The molecule has 0 aromatic heterocycles. The third kappa shape index (κ3) is 3.06. The second-order valence-corrected chi connectivity index (χ2v) is 4.91. The second-order valence-electron chi connectivity index (χ2n) is 4.91. The molecule has 2 rings (SSSR count). The summed E-state index contributed by atoms with van der Waals surface area (Å²) >= 11 is 0. The largest absolute Gasteiger partial charge is 0.330 e. The Balaban J connectivity index is 2.08. The molecule has 100 valence electrons. The molecule has 1 unspecified atom stereocenters. The molecule has 1 saturated heterocycles. The van der Waals surface area contributed by atoms with Crippen molar-refractivity contribution in [3.8, 4) is 0 Å². The third-order valence-corrected chi connectivity index (χ3v) is 3.65. The summed E-state index contributed by atoms with van der Waals surface area (Å²) < 4.78 is 26.8. The van der Waals surface area contributed by atoms with Gasteiger partial charge >= 0.3 is 0 Å². The average molecular weight is 254 g/mol. The van der Waals surface area contributed by atoms with E-state index in [-0.39, 0.29) is 0 Å². The van der Waals surface area contributed by atoms with Crippen LogP contribution in [0.1, 0.15) is 31.2 Å². The summed E-state index contributed by atoms with van der Waals surface area (Å²) in [5.41, 5.74) is 6.05. The van der Waals surface area contributed by atoms with Gasteiger partial charge in [0.15, 0.2) is 11.6 Å². The predicted molar refractivity (Wildman–Crippen MR) is 68.1 cm³/mol. The first-order chi connectivity index (χ1) is 8.72. The Morgan fingerprint density at radius 3 is 2.89 bits per heavy atom. The van der Waals surface area contributed by atoms with E-state index in [0.717, 1.165) is 31.9 Å². The van der Waals surface area contributed by atoms with Gasteiger partial charge in [-0.3, -0.25) is 4.90 Å². The van der Waals surface area contributed by atoms with E-state index in [1.807, 2.05) is 0 Å². The monoisotopic (exact) mass is 254 g/mol. The molecule has 0 saturated carbocycles. The number of hydrogen-bond acceptors (Lipinski definition) is 2. The Bertz CT molecular complexity index is 393. The molecule has 1 aromatic rings. The zero-order chi connectivity index (χ0) is 13.0. The quantitative estimate of drug-likeness (QED) is 0.895. The number of hydrogen-bond donors (Lipinski definition) is 1. The highest BCUT2D eigenvalue weighted by molar-refractivity contribution is 5.19. The van der Waals surface area contributed by atoms with Crippen molar-refractivity contribution in [2.45, 2.75) is 38.3 Å². The number of likely N-dealkylation sites (tertiary alicyclic amines) is 1. The van der Waals surface area contributed by atoms with Crippen LogP contribution in [0.4, 0.5) is 8.78 Å². The lowest BCUT2D eigenvalue weighted by Gasteiger charge is -2.35. The summed E-state index contributed by atoms with van der Waals surface area (Å²) in [6, 6.07) is 4.79. The van der Waals surface area contributed by atoms with E-state index < -0.39 is 11.6 Å². The van der Waals surface area contributed by atoms with Crippen molar-refractivity contribution >= 4 is 0 Å². The van der Waals surface area contributed by atoms with Crippen LogP contribution >= 0.6 is 0 Å². The van der Waals surface area contributed by atoms with Gasteiger partial charge in [0.2, 0.25) is 0 Å². The van der Waals surface area contributed by atoms with Crippen LogP contribution in [0.3, 0.4) is 0 Å². The highest BCUT2D eigenvalue weighted by atomic mass is 19.2. The maximum Gasteiger partial charge on any atom is 0.163 e. The molecular formula is C14H20F2N2. The van der Waals surface area contributed by atoms with E-state index in [0.29, 0.717) is 24.7 Å². The molecule has 0 aliphatic carbocycles. The third-order valence-electron chi connectivity index (χ3n) is 3.65. The fourth-order valence-corrected chi connectivity index (χ4v) is 2.68. The molecule has 0 amide bonds. The Labute approximate surface area is 107 Å². The van der Waals surface area contributed by atoms with Crippen molar-refractivity contribution in [2.24, 2.45) is 5.73 Å². The molecule has 1 heterocycles. The first-order valence-electron chi connectivity index (χ1n) is 6.59. The van der Waals surface area contributed by atoms with Crippen LogP contribution in [0.15, 0.2) is 18.2 Å². The van der Waals surface area contributed by atoms with E-state index in [4.69, 9.17) is 5.73 Å². The zero-order valence-corrected chi connectivity index (χ0v) is 10.5. The molecule has 0 radical (unpaired) electrons. The topological polar surface area (TPSA) is 29.3 Å². The Hall–Kier alpha value is -1.00. The molecular weight excluding hydrogens is 234 g/mol. The van der Waals surface area contributed by atoms with E-state index in [1.165, 1.54) is 6.42 Å². The van der Waals surface area contributed by atoms with Crippen molar-refractivity contribution in [3.05, 3.63) is 35.4 Å². The first-order valence-corrected chi connectivity index (χ1v) is 6.59. The van der Waals surface area contributed by atoms with Crippen molar-refractivity contribution < 1.29 is 8.78 Å². The van der Waals surface area contributed by atoms with Crippen LogP contribution in [0, 0.1) is 11.6 Å². The van der Waals surface area contributed by atoms with E-state index in [9.17, 15) is 8.78 Å². The van der Waals surface area contributed by atoms with Gasteiger partial charge in [0, 0.05) is 18.2 Å². The van der Waals surface area contributed by atoms with Crippen LogP contribution in [-0.4, -0.2) is 24.0 Å². The lowest BCUT2D eigenvalue weighted by atomic mass is 9.98. The van der Waals surface area contributed by atoms with E-state index >= 15 is 0 Å². The van der Waals surface area contributed by atoms with E-state index in [2.05, 4.69) is 4.90 Å². The molecule has 0 spiro atoms. The summed E-state index contributed by atoms with van der Waals surface area (Å²) in [5, 5.41) is 0. The highest BCUT2D eigenvalue weighted by Crippen LogP contribution is 2.23. The summed E-state index contributed by atoms with van der Waals surface area (Å²) in [6.45, 7) is 2.07. The van der Waals surface area contributed by atoms with Gasteiger partial charge in [-0.15, -0.1) is 0 Å². The van der Waals surface area contributed by atoms with Gasteiger partial charge in [0.1, 0.15) is 0 Å². The summed E-state index contributed by atoms with van der Waals surface area (Å²) in [7, 11) is 0. The average Bonchev–Trinajstić information content (AvgIpc) is 2.37. The normalized spacial score (nSPS) is 21.2. The lowest BCUT2D eigenvalue weighted by Crippen LogP contribution is -2.40. The van der Waals surface area contributed by atoms with Crippen molar-refractivity contribution in [2.75, 3.05) is 13.1 Å². The molecule has 1 aliphatic heterocycles. The van der Waals surface area contributed by atoms with Gasteiger partial charge in [-0.2, -0.15) is 0 Å². The Kier molecular flexibility index (Phi) is 4.66. The van der Waals surface area contributed by atoms with Gasteiger partial charge in [-0.1, -0.05) is 18.6 Å². The van der Waals surface area contributed by atoms with Gasteiger partial charge in [0.25, 0.3) is 0 Å². The first kappa shape index (κ1) is 13.4. The molecule has 1 aliphatic rings. The number of halogens is 2. The van der Waals surface area contributed by atoms with Crippen molar-refractivity contribution in [1.82, 2.24) is 4.90 Å².